The van der Waals surface area contributed by atoms with Crippen LogP contribution in [0.25, 0.3) is 0 Å². The van der Waals surface area contributed by atoms with Crippen molar-refractivity contribution in [2.45, 2.75) is 20.4 Å². The molecule has 170 valence electrons. The maximum Gasteiger partial charge on any atom is 0.257 e. The Kier molecular flexibility index (Phi) is 7.37. The van der Waals surface area contributed by atoms with Gasteiger partial charge in [-0.2, -0.15) is 0 Å². The smallest absolute Gasteiger partial charge is 0.257 e. The Morgan fingerprint density at radius 3 is 2.30 bits per heavy atom. The lowest BCUT2D eigenvalue weighted by atomic mass is 10.1. The molecule has 0 atom stereocenters. The summed E-state index contributed by atoms with van der Waals surface area (Å²) in [6.45, 7) is 9.45. The van der Waals surface area contributed by atoms with Gasteiger partial charge in [-0.15, -0.1) is 0 Å². The van der Waals surface area contributed by atoms with E-state index in [2.05, 4.69) is 58.0 Å². The van der Waals surface area contributed by atoms with E-state index in [4.69, 9.17) is 12.2 Å². The predicted octanol–water partition coefficient (Wildman–Crippen LogP) is 3.34. The van der Waals surface area contributed by atoms with E-state index in [-0.39, 0.29) is 5.91 Å². The number of nitrogens with zero attached hydrogens (tertiary/aromatic N) is 1. The molecule has 3 aromatic rings. The average Bonchev–Trinajstić information content (AvgIpc) is 2.82. The molecule has 1 aliphatic rings. The number of carbonyl (C=O) groups is 1. The van der Waals surface area contributed by atoms with Crippen molar-refractivity contribution >= 4 is 34.6 Å². The molecule has 1 saturated heterocycles. The molecule has 0 saturated carbocycles. The molecule has 0 aromatic heterocycles. The van der Waals surface area contributed by atoms with Crippen molar-refractivity contribution < 1.29 is 9.69 Å². The number of amides is 1. The standard InChI is InChI=1S/C27H30N4OS/c1-20-8-9-23(18-21(20)2)26(32)29-27(33)28-24-10-12-25(13-11-24)31-16-14-30(15-17-31)19-22-6-4-3-5-7-22/h3-13,18H,14-17,19H2,1-2H3,(H2,28,29,32,33)/p+1. The molecule has 33 heavy (non-hydrogen) atoms. The van der Waals surface area contributed by atoms with Crippen LogP contribution in [0.4, 0.5) is 11.4 Å². The van der Waals surface area contributed by atoms with E-state index in [9.17, 15) is 4.79 Å². The minimum Gasteiger partial charge on any atom is -0.360 e. The minimum absolute atomic E-state index is 0.205. The number of nitrogens with one attached hydrogen (secondary N) is 3. The van der Waals surface area contributed by atoms with Gasteiger partial charge >= 0.3 is 0 Å². The van der Waals surface area contributed by atoms with Crippen molar-refractivity contribution in [2.75, 3.05) is 36.4 Å². The third-order valence-electron chi connectivity index (χ3n) is 6.25. The zero-order valence-electron chi connectivity index (χ0n) is 19.2. The molecule has 0 unspecified atom stereocenters. The summed E-state index contributed by atoms with van der Waals surface area (Å²) >= 11 is 5.34. The monoisotopic (exact) mass is 459 g/mol. The summed E-state index contributed by atoms with van der Waals surface area (Å²) in [5.41, 5.74) is 6.32. The van der Waals surface area contributed by atoms with Crippen molar-refractivity contribution in [3.8, 4) is 0 Å². The van der Waals surface area contributed by atoms with Gasteiger partial charge in [0.25, 0.3) is 5.91 Å². The maximum atomic E-state index is 12.5. The van der Waals surface area contributed by atoms with Crippen LogP contribution in [0.5, 0.6) is 0 Å². The maximum absolute atomic E-state index is 12.5. The Morgan fingerprint density at radius 1 is 0.939 bits per heavy atom. The normalized spacial score (nSPS) is 14.1. The van der Waals surface area contributed by atoms with Crippen LogP contribution < -0.4 is 20.4 Å². The molecule has 6 heteroatoms. The van der Waals surface area contributed by atoms with Crippen LogP contribution >= 0.6 is 12.2 Å². The number of carbonyl (C=O) groups excluding carboxylic acids is 1. The summed E-state index contributed by atoms with van der Waals surface area (Å²) in [5.74, 6) is -0.205. The first-order chi connectivity index (χ1) is 16.0. The van der Waals surface area contributed by atoms with Crippen LogP contribution in [-0.2, 0) is 6.54 Å². The fourth-order valence-electron chi connectivity index (χ4n) is 4.12. The van der Waals surface area contributed by atoms with Gasteiger partial charge in [-0.1, -0.05) is 36.4 Å². The van der Waals surface area contributed by atoms with E-state index in [1.165, 1.54) is 11.3 Å². The summed E-state index contributed by atoms with van der Waals surface area (Å²) in [6, 6.07) is 24.6. The second-order valence-electron chi connectivity index (χ2n) is 8.65. The molecular formula is C27H31N4OS+. The number of piperazine rings is 1. The fourth-order valence-corrected chi connectivity index (χ4v) is 4.33. The van der Waals surface area contributed by atoms with Gasteiger partial charge in [-0.25, -0.2) is 0 Å². The van der Waals surface area contributed by atoms with E-state index < -0.39 is 0 Å². The number of benzene rings is 3. The molecule has 1 amide bonds. The molecule has 0 spiro atoms. The van der Waals surface area contributed by atoms with Gasteiger partial charge in [0, 0.05) is 22.5 Å². The number of hydrogen-bond donors (Lipinski definition) is 3. The molecule has 5 nitrogen and oxygen atoms in total. The second kappa shape index (κ2) is 10.6. The van der Waals surface area contributed by atoms with Crippen molar-refractivity contribution in [2.24, 2.45) is 0 Å². The molecule has 4 rings (SSSR count). The summed E-state index contributed by atoms with van der Waals surface area (Å²) in [4.78, 5) is 16.5. The molecule has 0 radical (unpaired) electrons. The van der Waals surface area contributed by atoms with Crippen LogP contribution in [-0.4, -0.2) is 37.2 Å². The quantitative estimate of drug-likeness (QED) is 0.513. The number of aryl methyl sites for hydroxylation is 2. The highest BCUT2D eigenvalue weighted by molar-refractivity contribution is 7.80. The zero-order valence-corrected chi connectivity index (χ0v) is 20.0. The molecule has 3 aromatic carbocycles. The van der Waals surface area contributed by atoms with Gasteiger partial charge in [0.2, 0.25) is 0 Å². The van der Waals surface area contributed by atoms with E-state index in [1.54, 1.807) is 4.90 Å². The largest absolute Gasteiger partial charge is 0.360 e. The number of anilines is 2. The summed E-state index contributed by atoms with van der Waals surface area (Å²) < 4.78 is 0. The van der Waals surface area contributed by atoms with Gasteiger partial charge in [0.15, 0.2) is 5.11 Å². The Hall–Kier alpha value is -3.22. The average molecular weight is 460 g/mol. The summed E-state index contributed by atoms with van der Waals surface area (Å²) in [5, 5.41) is 6.17. The highest BCUT2D eigenvalue weighted by Gasteiger charge is 2.20. The van der Waals surface area contributed by atoms with Crippen LogP contribution in [0.2, 0.25) is 0 Å². The lowest BCUT2D eigenvalue weighted by Crippen LogP contribution is -3.13. The van der Waals surface area contributed by atoms with Gasteiger partial charge in [0.1, 0.15) is 6.54 Å². The number of quaternary nitrogens is 1. The third kappa shape index (κ3) is 6.18. The second-order valence-corrected chi connectivity index (χ2v) is 9.06. The molecule has 1 heterocycles. The van der Waals surface area contributed by atoms with Crippen molar-refractivity contribution in [3.63, 3.8) is 0 Å². The van der Waals surface area contributed by atoms with Crippen LogP contribution in [0, 0.1) is 13.8 Å². The van der Waals surface area contributed by atoms with Crippen molar-refractivity contribution in [3.05, 3.63) is 95.1 Å². The van der Waals surface area contributed by atoms with E-state index in [0.29, 0.717) is 10.7 Å². The summed E-state index contributed by atoms with van der Waals surface area (Å²) in [6.07, 6.45) is 0. The van der Waals surface area contributed by atoms with E-state index in [1.807, 2.05) is 44.2 Å². The molecule has 0 bridgehead atoms. The number of thiocarbonyl (C=S) groups is 1. The van der Waals surface area contributed by atoms with Crippen molar-refractivity contribution in [1.82, 2.24) is 5.32 Å². The highest BCUT2D eigenvalue weighted by Crippen LogP contribution is 2.18. The van der Waals surface area contributed by atoms with Gasteiger partial charge in [-0.3, -0.25) is 10.1 Å². The van der Waals surface area contributed by atoms with E-state index >= 15 is 0 Å². The van der Waals surface area contributed by atoms with Crippen LogP contribution in [0.1, 0.15) is 27.0 Å². The highest BCUT2D eigenvalue weighted by atomic mass is 32.1. The summed E-state index contributed by atoms with van der Waals surface area (Å²) in [7, 11) is 0. The van der Waals surface area contributed by atoms with Crippen molar-refractivity contribution in [1.29, 1.82) is 0 Å². The molecule has 3 N–H and O–H groups in total. The van der Waals surface area contributed by atoms with Gasteiger partial charge in [0.05, 0.1) is 26.2 Å². The Bertz CT molecular complexity index is 1110. The lowest BCUT2D eigenvalue weighted by Gasteiger charge is -2.33. The fraction of sp³-hybridized carbons (Fsp3) is 0.259. The number of rotatable bonds is 5. The molecule has 1 fully saturated rings. The molecule has 1 aliphatic heterocycles. The molecule has 0 aliphatic carbocycles. The zero-order chi connectivity index (χ0) is 23.2. The Balaban J connectivity index is 1.26. The Morgan fingerprint density at radius 2 is 1.64 bits per heavy atom. The Labute approximate surface area is 201 Å². The van der Waals surface area contributed by atoms with E-state index in [0.717, 1.165) is 49.5 Å². The molecular weight excluding hydrogens is 428 g/mol. The van der Waals surface area contributed by atoms with Gasteiger partial charge < -0.3 is 15.1 Å². The third-order valence-corrected chi connectivity index (χ3v) is 6.46. The predicted molar refractivity (Wildman–Crippen MR) is 139 cm³/mol. The minimum atomic E-state index is -0.205. The SMILES string of the molecule is Cc1ccc(C(=O)NC(=S)Nc2ccc(N3CC[NH+](Cc4ccccc4)CC3)cc2)cc1C. The topological polar surface area (TPSA) is 48.8 Å². The first-order valence-electron chi connectivity index (χ1n) is 11.4. The van der Waals surface area contributed by atoms with Crippen LogP contribution in [0.15, 0.2) is 72.8 Å². The van der Waals surface area contributed by atoms with Gasteiger partial charge in [-0.05, 0) is 73.6 Å². The number of hydrogen-bond acceptors (Lipinski definition) is 3. The first-order valence-corrected chi connectivity index (χ1v) is 11.8. The first kappa shape index (κ1) is 23.0. The van der Waals surface area contributed by atoms with Crippen LogP contribution in [0.3, 0.4) is 0 Å². The lowest BCUT2D eigenvalue weighted by molar-refractivity contribution is -0.914.